The summed E-state index contributed by atoms with van der Waals surface area (Å²) in [5.41, 5.74) is -0.849. The minimum Gasteiger partial charge on any atom is -0.275 e. The van der Waals surface area contributed by atoms with Crippen LogP contribution in [-0.4, -0.2) is 4.57 Å². The van der Waals surface area contributed by atoms with Crippen molar-refractivity contribution in [1.82, 2.24) is 4.57 Å². The molecule has 0 aliphatic heterocycles. The Morgan fingerprint density at radius 1 is 1.09 bits per heavy atom. The minimum absolute atomic E-state index is 0.162. The van der Waals surface area contributed by atoms with Gasteiger partial charge in [0.1, 0.15) is 11.5 Å². The van der Waals surface area contributed by atoms with Crippen LogP contribution in [0, 0.1) is 17.5 Å². The van der Waals surface area contributed by atoms with E-state index in [0.29, 0.717) is 29.6 Å². The van der Waals surface area contributed by atoms with Crippen LogP contribution in [0.15, 0.2) is 41.2 Å². The van der Waals surface area contributed by atoms with E-state index in [0.717, 1.165) is 4.57 Å². The molecule has 1 aromatic heterocycles. The average molecular weight is 338 g/mol. The van der Waals surface area contributed by atoms with Crippen LogP contribution in [0.3, 0.4) is 0 Å². The lowest BCUT2D eigenvalue weighted by Gasteiger charge is -2.15. The average Bonchev–Trinajstić information content (AvgIpc) is 2.48. The Hall–Kier alpha value is -2.27. The normalized spacial score (nSPS) is 11.2. The van der Waals surface area contributed by atoms with Crippen molar-refractivity contribution in [3.8, 4) is 5.69 Å². The largest absolute Gasteiger partial charge is 0.275 e. The van der Waals surface area contributed by atoms with E-state index in [4.69, 9.17) is 11.6 Å². The molecule has 2 aromatic carbocycles. The summed E-state index contributed by atoms with van der Waals surface area (Å²) in [6, 6.07) is 7.64. The van der Waals surface area contributed by atoms with Gasteiger partial charge in [0.15, 0.2) is 11.6 Å². The molecule has 0 unspecified atom stereocenters. The van der Waals surface area contributed by atoms with Crippen LogP contribution in [0.25, 0.3) is 16.5 Å². The predicted molar refractivity (Wildman–Crippen MR) is 83.8 cm³/mol. The summed E-state index contributed by atoms with van der Waals surface area (Å²) in [5.74, 6) is -3.34. The van der Waals surface area contributed by atoms with Gasteiger partial charge in [-0.1, -0.05) is 30.7 Å². The molecule has 23 heavy (non-hydrogen) atoms. The lowest BCUT2D eigenvalue weighted by atomic mass is 10.1. The third kappa shape index (κ3) is 2.51. The second-order valence-corrected chi connectivity index (χ2v) is 5.46. The Bertz CT molecular complexity index is 958. The molecule has 118 valence electrons. The van der Waals surface area contributed by atoms with Gasteiger partial charge in [-0.05, 0) is 23.9 Å². The summed E-state index contributed by atoms with van der Waals surface area (Å²) in [6.45, 7) is 1.75. The number of benzene rings is 2. The lowest BCUT2D eigenvalue weighted by molar-refractivity contribution is 0.530. The fraction of sp³-hybridized carbons (Fsp3) is 0.118. The van der Waals surface area contributed by atoms with Crippen molar-refractivity contribution in [2.45, 2.75) is 13.3 Å². The van der Waals surface area contributed by atoms with Gasteiger partial charge in [-0.2, -0.15) is 0 Å². The number of halogens is 4. The van der Waals surface area contributed by atoms with Gasteiger partial charge in [-0.3, -0.25) is 9.36 Å². The summed E-state index contributed by atoms with van der Waals surface area (Å²) in [7, 11) is 0. The highest BCUT2D eigenvalue weighted by molar-refractivity contribution is 6.35. The van der Waals surface area contributed by atoms with Crippen LogP contribution in [0.1, 0.15) is 12.6 Å². The number of aryl methyl sites for hydroxylation is 1. The van der Waals surface area contributed by atoms with E-state index in [-0.39, 0.29) is 10.4 Å². The molecule has 6 heteroatoms. The molecule has 0 saturated heterocycles. The highest BCUT2D eigenvalue weighted by atomic mass is 35.5. The highest BCUT2D eigenvalue weighted by Gasteiger charge is 2.19. The van der Waals surface area contributed by atoms with Gasteiger partial charge in [0.25, 0.3) is 5.56 Å². The molecule has 0 atom stereocenters. The zero-order valence-electron chi connectivity index (χ0n) is 12.0. The van der Waals surface area contributed by atoms with Crippen LogP contribution in [0.5, 0.6) is 0 Å². The minimum atomic E-state index is -1.15. The maximum Gasteiger partial charge on any atom is 0.264 e. The van der Waals surface area contributed by atoms with Crippen molar-refractivity contribution in [3.05, 3.63) is 74.9 Å². The Balaban J connectivity index is 2.49. The maximum atomic E-state index is 14.1. The molecule has 0 spiro atoms. The van der Waals surface area contributed by atoms with Gasteiger partial charge in [-0.15, -0.1) is 0 Å². The second kappa shape index (κ2) is 5.74. The van der Waals surface area contributed by atoms with E-state index in [1.807, 2.05) is 0 Å². The first kappa shape index (κ1) is 15.6. The topological polar surface area (TPSA) is 22.0 Å². The number of hydrogen-bond donors (Lipinski definition) is 0. The molecule has 0 aliphatic rings. The molecule has 0 bridgehead atoms. The number of nitrogens with zero attached hydrogens (tertiary/aromatic N) is 1. The standard InChI is InChI=1S/C17H11ClF3NO/c1-2-11-6-9-4-3-5-12(18)15(9)17(23)22(11)16-13(20)7-10(19)8-14(16)21/h3-8H,2H2,1H3. The van der Waals surface area contributed by atoms with E-state index in [1.165, 1.54) is 6.07 Å². The molecule has 0 saturated carbocycles. The van der Waals surface area contributed by atoms with Crippen molar-refractivity contribution in [2.24, 2.45) is 0 Å². The number of hydrogen-bond acceptors (Lipinski definition) is 1. The number of fused-ring (bicyclic) bond motifs is 1. The first-order valence-corrected chi connectivity index (χ1v) is 7.30. The molecule has 0 N–H and O–H groups in total. The third-order valence-electron chi connectivity index (χ3n) is 3.64. The number of rotatable bonds is 2. The Kier molecular flexibility index (Phi) is 3.90. The first-order valence-electron chi connectivity index (χ1n) is 6.92. The van der Waals surface area contributed by atoms with Crippen molar-refractivity contribution in [1.29, 1.82) is 0 Å². The molecule has 0 radical (unpaired) electrons. The van der Waals surface area contributed by atoms with Gasteiger partial charge >= 0.3 is 0 Å². The molecule has 3 rings (SSSR count). The van der Waals surface area contributed by atoms with E-state index in [1.54, 1.807) is 25.1 Å². The zero-order valence-corrected chi connectivity index (χ0v) is 12.8. The zero-order chi connectivity index (χ0) is 16.7. The van der Waals surface area contributed by atoms with E-state index in [2.05, 4.69) is 0 Å². The highest BCUT2D eigenvalue weighted by Crippen LogP contribution is 2.25. The van der Waals surface area contributed by atoms with Crippen molar-refractivity contribution in [3.63, 3.8) is 0 Å². The first-order chi connectivity index (χ1) is 10.9. The monoisotopic (exact) mass is 337 g/mol. The fourth-order valence-corrected chi connectivity index (χ4v) is 2.89. The molecule has 1 heterocycles. The molecular weight excluding hydrogens is 327 g/mol. The summed E-state index contributed by atoms with van der Waals surface area (Å²) < 4.78 is 42.3. The van der Waals surface area contributed by atoms with Crippen LogP contribution in [0.2, 0.25) is 5.02 Å². The van der Waals surface area contributed by atoms with Crippen molar-refractivity contribution in [2.75, 3.05) is 0 Å². The van der Waals surface area contributed by atoms with Crippen LogP contribution < -0.4 is 5.56 Å². The van der Waals surface area contributed by atoms with Gasteiger partial charge < -0.3 is 0 Å². The van der Waals surface area contributed by atoms with Gasteiger partial charge in [0, 0.05) is 17.8 Å². The lowest BCUT2D eigenvalue weighted by Crippen LogP contribution is -2.24. The predicted octanol–water partition coefficient (Wildman–Crippen LogP) is 4.62. The Labute approximate surface area is 134 Å². The van der Waals surface area contributed by atoms with E-state index in [9.17, 15) is 18.0 Å². The van der Waals surface area contributed by atoms with Gasteiger partial charge in [0.05, 0.1) is 10.4 Å². The second-order valence-electron chi connectivity index (χ2n) is 5.05. The summed E-state index contributed by atoms with van der Waals surface area (Å²) in [6.07, 6.45) is 0.355. The molecule has 3 aromatic rings. The van der Waals surface area contributed by atoms with Gasteiger partial charge in [-0.25, -0.2) is 13.2 Å². The number of aromatic nitrogens is 1. The van der Waals surface area contributed by atoms with Gasteiger partial charge in [0.2, 0.25) is 0 Å². The van der Waals surface area contributed by atoms with E-state index >= 15 is 0 Å². The smallest absolute Gasteiger partial charge is 0.264 e. The quantitative estimate of drug-likeness (QED) is 0.668. The molecular formula is C17H11ClF3NO. The van der Waals surface area contributed by atoms with Crippen LogP contribution in [-0.2, 0) is 6.42 Å². The SMILES string of the molecule is CCc1cc2cccc(Cl)c2c(=O)n1-c1c(F)cc(F)cc1F. The van der Waals surface area contributed by atoms with Crippen LogP contribution in [0.4, 0.5) is 13.2 Å². The summed E-state index contributed by atoms with van der Waals surface area (Å²) >= 11 is 6.06. The molecule has 0 fully saturated rings. The third-order valence-corrected chi connectivity index (χ3v) is 3.95. The van der Waals surface area contributed by atoms with Crippen LogP contribution >= 0.6 is 11.6 Å². The number of pyridine rings is 1. The summed E-state index contributed by atoms with van der Waals surface area (Å²) in [4.78, 5) is 12.8. The fourth-order valence-electron chi connectivity index (χ4n) is 2.63. The Morgan fingerprint density at radius 3 is 2.35 bits per heavy atom. The van der Waals surface area contributed by atoms with Crippen molar-refractivity contribution >= 4 is 22.4 Å². The Morgan fingerprint density at radius 2 is 1.74 bits per heavy atom. The molecule has 0 aliphatic carbocycles. The van der Waals surface area contributed by atoms with Crippen molar-refractivity contribution < 1.29 is 13.2 Å². The van der Waals surface area contributed by atoms with E-state index < -0.39 is 28.7 Å². The molecule has 2 nitrogen and oxygen atoms in total. The summed E-state index contributed by atoms with van der Waals surface area (Å²) in [5, 5.41) is 0.930. The molecule has 0 amide bonds. The maximum absolute atomic E-state index is 14.1.